The first-order valence-corrected chi connectivity index (χ1v) is 12.6. The van der Waals surface area contributed by atoms with Gasteiger partial charge in [0.05, 0.1) is 0 Å². The molecule has 1 fully saturated rings. The van der Waals surface area contributed by atoms with Crippen LogP contribution in [0.1, 0.15) is 28.8 Å². The number of likely N-dealkylation sites (tertiary alicyclic amines) is 1. The van der Waals surface area contributed by atoms with E-state index in [4.69, 9.17) is 0 Å². The van der Waals surface area contributed by atoms with Gasteiger partial charge in [0.25, 0.3) is 15.9 Å². The Balaban J connectivity index is 1.38. The molecule has 1 aromatic heterocycles. The lowest BCUT2D eigenvalue weighted by molar-refractivity contribution is 0.0901. The van der Waals surface area contributed by atoms with E-state index in [1.54, 1.807) is 41.8 Å². The van der Waals surface area contributed by atoms with Crippen LogP contribution >= 0.6 is 11.3 Å². The lowest BCUT2D eigenvalue weighted by Crippen LogP contribution is -2.47. The number of hydrogen-bond acceptors (Lipinski definition) is 5. The van der Waals surface area contributed by atoms with Crippen molar-refractivity contribution in [1.29, 1.82) is 0 Å². The third kappa shape index (κ3) is 5.72. The van der Waals surface area contributed by atoms with Crippen LogP contribution in [0.4, 0.5) is 5.69 Å². The van der Waals surface area contributed by atoms with Crippen LogP contribution < -0.4 is 10.0 Å². The first-order valence-electron chi connectivity index (χ1n) is 10.2. The maximum absolute atomic E-state index is 12.8. The van der Waals surface area contributed by atoms with E-state index < -0.39 is 10.0 Å². The quantitative estimate of drug-likeness (QED) is 0.566. The van der Waals surface area contributed by atoms with Crippen LogP contribution in [-0.4, -0.2) is 38.4 Å². The summed E-state index contributed by atoms with van der Waals surface area (Å²) in [5.41, 5.74) is 2.07. The molecule has 0 radical (unpaired) electrons. The molecule has 1 saturated heterocycles. The van der Waals surface area contributed by atoms with E-state index in [2.05, 4.69) is 27.1 Å². The molecule has 4 rings (SSSR count). The van der Waals surface area contributed by atoms with Crippen molar-refractivity contribution in [1.82, 2.24) is 10.2 Å². The summed E-state index contributed by atoms with van der Waals surface area (Å²) in [6.45, 7) is 2.68. The molecule has 0 bridgehead atoms. The van der Waals surface area contributed by atoms with Crippen molar-refractivity contribution in [2.75, 3.05) is 17.8 Å². The van der Waals surface area contributed by atoms with E-state index in [0.717, 1.165) is 43.8 Å². The van der Waals surface area contributed by atoms with Gasteiger partial charge >= 0.3 is 0 Å². The fraction of sp³-hybridized carbons (Fsp3) is 0.261. The lowest BCUT2D eigenvalue weighted by atomic mass is 10.0. The number of carbonyl (C=O) groups is 1. The van der Waals surface area contributed by atoms with Crippen molar-refractivity contribution in [3.63, 3.8) is 0 Å². The van der Waals surface area contributed by atoms with Gasteiger partial charge in [0, 0.05) is 30.4 Å². The largest absolute Gasteiger partial charge is 0.348 e. The number of nitrogens with zero attached hydrogens (tertiary/aromatic N) is 1. The van der Waals surface area contributed by atoms with E-state index in [-0.39, 0.29) is 16.2 Å². The zero-order chi connectivity index (χ0) is 21.7. The number of amides is 1. The van der Waals surface area contributed by atoms with Gasteiger partial charge in [-0.05, 0) is 54.6 Å². The Kier molecular flexibility index (Phi) is 6.70. The molecule has 2 N–H and O–H groups in total. The Morgan fingerprint density at radius 1 is 1.06 bits per heavy atom. The van der Waals surface area contributed by atoms with Crippen LogP contribution in [0.5, 0.6) is 0 Å². The van der Waals surface area contributed by atoms with Gasteiger partial charge in [0.15, 0.2) is 0 Å². The molecule has 1 amide bonds. The van der Waals surface area contributed by atoms with E-state index in [1.807, 2.05) is 18.2 Å². The van der Waals surface area contributed by atoms with Crippen LogP contribution in [0.2, 0.25) is 0 Å². The maximum Gasteiger partial charge on any atom is 0.271 e. The topological polar surface area (TPSA) is 78.5 Å². The average Bonchev–Trinajstić information content (AvgIpc) is 3.31. The molecule has 8 heteroatoms. The van der Waals surface area contributed by atoms with Crippen LogP contribution in [0, 0.1) is 0 Å². The summed E-state index contributed by atoms with van der Waals surface area (Å²) in [6.07, 6.45) is 1.96. The predicted octanol–water partition coefficient (Wildman–Crippen LogP) is 3.94. The van der Waals surface area contributed by atoms with E-state index in [1.165, 1.54) is 5.56 Å². The van der Waals surface area contributed by atoms with Gasteiger partial charge in [-0.3, -0.25) is 14.4 Å². The number of anilines is 1. The minimum atomic E-state index is -3.65. The number of hydrogen-bond donors (Lipinski definition) is 2. The Bertz CT molecular complexity index is 1120. The molecule has 1 atom stereocenters. The minimum absolute atomic E-state index is 0.0661. The Labute approximate surface area is 187 Å². The van der Waals surface area contributed by atoms with Crippen molar-refractivity contribution in [2.24, 2.45) is 0 Å². The number of carbonyl (C=O) groups excluding carboxylic acids is 1. The highest BCUT2D eigenvalue weighted by Gasteiger charge is 2.22. The molecule has 6 nitrogen and oxygen atoms in total. The molecule has 2 aromatic carbocycles. The molecule has 0 spiro atoms. The molecule has 31 heavy (non-hydrogen) atoms. The maximum atomic E-state index is 12.8. The van der Waals surface area contributed by atoms with Gasteiger partial charge in [-0.2, -0.15) is 0 Å². The molecule has 1 aliphatic heterocycles. The first-order chi connectivity index (χ1) is 15.0. The Morgan fingerprint density at radius 2 is 1.90 bits per heavy atom. The minimum Gasteiger partial charge on any atom is -0.348 e. The monoisotopic (exact) mass is 455 g/mol. The zero-order valence-corrected chi connectivity index (χ0v) is 18.7. The molecule has 2 heterocycles. The highest BCUT2D eigenvalue weighted by atomic mass is 32.2. The Morgan fingerprint density at radius 3 is 2.68 bits per heavy atom. The molecular weight excluding hydrogens is 430 g/mol. The van der Waals surface area contributed by atoms with Gasteiger partial charge < -0.3 is 5.32 Å². The second kappa shape index (κ2) is 9.64. The summed E-state index contributed by atoms with van der Waals surface area (Å²) in [4.78, 5) is 15.2. The summed E-state index contributed by atoms with van der Waals surface area (Å²) in [7, 11) is -3.65. The van der Waals surface area contributed by atoms with E-state index in [0.29, 0.717) is 11.3 Å². The number of piperidine rings is 1. The number of rotatable bonds is 7. The van der Waals surface area contributed by atoms with Gasteiger partial charge in [-0.1, -0.05) is 42.5 Å². The second-order valence-electron chi connectivity index (χ2n) is 7.65. The fourth-order valence-electron chi connectivity index (χ4n) is 3.77. The van der Waals surface area contributed by atoms with Crippen molar-refractivity contribution in [3.05, 3.63) is 83.2 Å². The zero-order valence-electron chi connectivity index (χ0n) is 17.0. The Hall–Kier alpha value is -2.68. The summed E-state index contributed by atoms with van der Waals surface area (Å²) >= 11 is 1.15. The van der Waals surface area contributed by atoms with Crippen molar-refractivity contribution >= 4 is 33.0 Å². The smallest absolute Gasteiger partial charge is 0.271 e. The highest BCUT2D eigenvalue weighted by molar-refractivity contribution is 7.94. The molecule has 0 aliphatic carbocycles. The summed E-state index contributed by atoms with van der Waals surface area (Å²) in [6, 6.07) is 20.2. The molecule has 1 unspecified atom stereocenters. The van der Waals surface area contributed by atoms with Gasteiger partial charge in [0.2, 0.25) is 0 Å². The highest BCUT2D eigenvalue weighted by Crippen LogP contribution is 2.21. The van der Waals surface area contributed by atoms with Crippen molar-refractivity contribution < 1.29 is 13.2 Å². The second-order valence-corrected chi connectivity index (χ2v) is 10.5. The van der Waals surface area contributed by atoms with Crippen molar-refractivity contribution in [2.45, 2.75) is 29.6 Å². The number of nitrogens with one attached hydrogen (secondary N) is 2. The number of thiophene rings is 1. The summed E-state index contributed by atoms with van der Waals surface area (Å²) in [5, 5.41) is 4.82. The van der Waals surface area contributed by atoms with Gasteiger partial charge in [-0.25, -0.2) is 8.42 Å². The summed E-state index contributed by atoms with van der Waals surface area (Å²) in [5.74, 6) is -0.191. The molecule has 1 aliphatic rings. The van der Waals surface area contributed by atoms with E-state index in [9.17, 15) is 13.2 Å². The SMILES string of the molecule is O=C(NC1CCCN(Cc2ccccc2)C1)c1cccc(NS(=O)(=O)c2cccs2)c1. The molecule has 162 valence electrons. The standard InChI is InChI=1S/C23H25N3O3S2/c27-23(24-21-11-5-13-26(17-21)16-18-7-2-1-3-8-18)19-9-4-10-20(15-19)25-31(28,29)22-12-6-14-30-22/h1-4,6-10,12,14-15,21,25H,5,11,13,16-17H2,(H,24,27). The first kappa shape index (κ1) is 21.5. The van der Waals surface area contributed by atoms with Crippen LogP contribution in [-0.2, 0) is 16.6 Å². The van der Waals surface area contributed by atoms with Crippen LogP contribution in [0.25, 0.3) is 0 Å². The fourth-order valence-corrected chi connectivity index (χ4v) is 5.82. The third-order valence-corrected chi connectivity index (χ3v) is 8.01. The number of benzene rings is 2. The van der Waals surface area contributed by atoms with E-state index >= 15 is 0 Å². The molecular formula is C23H25N3O3S2. The van der Waals surface area contributed by atoms with Crippen molar-refractivity contribution in [3.8, 4) is 0 Å². The van der Waals surface area contributed by atoms with Gasteiger partial charge in [-0.15, -0.1) is 11.3 Å². The van der Waals surface area contributed by atoms with Crippen LogP contribution in [0.3, 0.4) is 0 Å². The van der Waals surface area contributed by atoms with Gasteiger partial charge in [0.1, 0.15) is 4.21 Å². The predicted molar refractivity (Wildman–Crippen MR) is 124 cm³/mol. The van der Waals surface area contributed by atoms with Crippen LogP contribution in [0.15, 0.2) is 76.3 Å². The molecule has 0 saturated carbocycles. The lowest BCUT2D eigenvalue weighted by Gasteiger charge is -2.33. The third-order valence-electron chi connectivity index (χ3n) is 5.23. The number of sulfonamides is 1. The summed E-state index contributed by atoms with van der Waals surface area (Å²) < 4.78 is 27.7. The average molecular weight is 456 g/mol. The molecule has 3 aromatic rings. The normalized spacial score (nSPS) is 17.2.